The topological polar surface area (TPSA) is 155 Å². The third kappa shape index (κ3) is 4.91. The quantitative estimate of drug-likeness (QED) is 0.332. The number of hydrogen-bond donors (Lipinski definition) is 2. The number of aromatic nitrogens is 2. The molecule has 1 unspecified atom stereocenters. The van der Waals surface area contributed by atoms with Gasteiger partial charge in [0.05, 0.1) is 12.5 Å². The van der Waals surface area contributed by atoms with Crippen molar-refractivity contribution in [2.75, 3.05) is 12.1 Å². The number of nitrogens with zero attached hydrogens (tertiary/aromatic N) is 2. The molecule has 2 aliphatic heterocycles. The summed E-state index contributed by atoms with van der Waals surface area (Å²) in [6.45, 7) is 3.18. The second kappa shape index (κ2) is 9.71. The average molecular weight is 437 g/mol. The van der Waals surface area contributed by atoms with Gasteiger partial charge in [-0.3, -0.25) is 4.57 Å². The summed E-state index contributed by atoms with van der Waals surface area (Å²) in [6, 6.07) is 1.35. The third-order valence-electron chi connectivity index (χ3n) is 5.00. The van der Waals surface area contributed by atoms with Gasteiger partial charge in [-0.2, -0.15) is 4.98 Å². The largest absolute Gasteiger partial charge is 0.452 e. The van der Waals surface area contributed by atoms with Crippen molar-refractivity contribution in [3.8, 4) is 0 Å². The van der Waals surface area contributed by atoms with Crippen LogP contribution in [0.3, 0.4) is 0 Å². The number of aliphatic hydroxyl groups is 1. The van der Waals surface area contributed by atoms with E-state index in [0.717, 1.165) is 16.7 Å². The van der Waals surface area contributed by atoms with E-state index in [9.17, 15) is 24.3 Å². The molecule has 2 N–H and O–H groups in total. The summed E-state index contributed by atoms with van der Waals surface area (Å²) in [5, 5.41) is 9.57. The number of rotatable bonds is 7. The van der Waals surface area contributed by atoms with Crippen LogP contribution in [0.2, 0.25) is 0 Å². The number of fused-ring (bicyclic) bond motifs is 1. The number of nitrogens with one attached hydrogen (secondary N) is 1. The van der Waals surface area contributed by atoms with E-state index in [0.29, 0.717) is 12.8 Å². The Morgan fingerprint density at radius 3 is 2.42 bits per heavy atom. The highest BCUT2D eigenvalue weighted by Crippen LogP contribution is 2.34. The van der Waals surface area contributed by atoms with Gasteiger partial charge in [-0.1, -0.05) is 13.8 Å². The standard InChI is InChI=1S/C19H23N3O9/c1-3-10(4-2)18(26)31-21-12-7-8-22(19(27)20-12)17-16-15(11(9-23)28-17)29-13(24)5-6-14(25)30-16/h5-8,10-11,15-17,23H,3-4,9H2,1-2H3,(H,20,21,27)/b6-5-/t11-,15?,16+,17-/m1/s1. The Morgan fingerprint density at radius 2 is 1.84 bits per heavy atom. The second-order valence-corrected chi connectivity index (χ2v) is 6.92. The minimum Gasteiger partial charge on any atom is -0.452 e. The van der Waals surface area contributed by atoms with Crippen LogP contribution in [-0.4, -0.2) is 57.5 Å². The maximum Gasteiger partial charge on any atom is 0.351 e. The maximum atomic E-state index is 12.6. The van der Waals surface area contributed by atoms with Gasteiger partial charge in [0.15, 0.2) is 24.3 Å². The van der Waals surface area contributed by atoms with Crippen LogP contribution in [0.1, 0.15) is 32.9 Å². The molecule has 0 saturated carbocycles. The molecular formula is C19H23N3O9. The van der Waals surface area contributed by atoms with Crippen LogP contribution in [-0.2, 0) is 33.4 Å². The van der Waals surface area contributed by atoms with E-state index in [4.69, 9.17) is 19.0 Å². The number of hydrogen-bond acceptors (Lipinski definition) is 11. The molecule has 168 valence electrons. The fourth-order valence-electron chi connectivity index (χ4n) is 3.30. The third-order valence-corrected chi connectivity index (χ3v) is 5.00. The smallest absolute Gasteiger partial charge is 0.351 e. The first-order valence-electron chi connectivity index (χ1n) is 9.79. The summed E-state index contributed by atoms with van der Waals surface area (Å²) in [4.78, 5) is 56.9. The fourth-order valence-corrected chi connectivity index (χ4v) is 3.30. The van der Waals surface area contributed by atoms with Gasteiger partial charge in [0.2, 0.25) is 0 Å². The van der Waals surface area contributed by atoms with Gasteiger partial charge >= 0.3 is 23.6 Å². The fraction of sp³-hybridized carbons (Fsp3) is 0.526. The predicted octanol–water partition coefficient (Wildman–Crippen LogP) is -0.167. The molecule has 1 fully saturated rings. The van der Waals surface area contributed by atoms with Crippen molar-refractivity contribution in [3.63, 3.8) is 0 Å². The first-order valence-corrected chi connectivity index (χ1v) is 9.79. The van der Waals surface area contributed by atoms with Crippen LogP contribution in [0, 0.1) is 5.92 Å². The first kappa shape index (κ1) is 22.4. The van der Waals surface area contributed by atoms with E-state index >= 15 is 0 Å². The average Bonchev–Trinajstić information content (AvgIpc) is 3.07. The molecule has 3 rings (SSSR count). The van der Waals surface area contributed by atoms with E-state index in [1.807, 2.05) is 13.8 Å². The Hall–Kier alpha value is -3.25. The monoisotopic (exact) mass is 437 g/mol. The highest BCUT2D eigenvalue weighted by molar-refractivity contribution is 5.92. The molecule has 0 bridgehead atoms. The summed E-state index contributed by atoms with van der Waals surface area (Å²) in [5.41, 5.74) is 1.53. The van der Waals surface area contributed by atoms with Crippen LogP contribution >= 0.6 is 0 Å². The SMILES string of the molecule is CCC(CC)C(=O)ONc1ccn([C@@H]2O[C@H](CO)C3OC(=O)/C=C\C(=O)O[C@@H]32)c(=O)n1. The minimum absolute atomic E-state index is 0.0159. The van der Waals surface area contributed by atoms with E-state index in [1.165, 1.54) is 12.3 Å². The summed E-state index contributed by atoms with van der Waals surface area (Å²) < 4.78 is 17.1. The van der Waals surface area contributed by atoms with Crippen LogP contribution in [0.4, 0.5) is 5.82 Å². The molecule has 0 amide bonds. The van der Waals surface area contributed by atoms with E-state index in [1.54, 1.807) is 0 Å². The zero-order chi connectivity index (χ0) is 22.5. The minimum atomic E-state index is -1.20. The van der Waals surface area contributed by atoms with Gasteiger partial charge in [-0.15, -0.1) is 0 Å². The van der Waals surface area contributed by atoms with Gasteiger partial charge in [-0.05, 0) is 12.8 Å². The molecule has 1 aromatic rings. The first-order chi connectivity index (χ1) is 14.9. The molecule has 0 radical (unpaired) electrons. The lowest BCUT2D eigenvalue weighted by atomic mass is 10.0. The summed E-state index contributed by atoms with van der Waals surface area (Å²) in [6.07, 6.45) is -0.242. The Balaban J connectivity index is 1.79. The number of carbonyl (C=O) groups excluding carboxylic acids is 3. The lowest BCUT2D eigenvalue weighted by Gasteiger charge is -2.24. The Morgan fingerprint density at radius 1 is 1.19 bits per heavy atom. The van der Waals surface area contributed by atoms with Crippen LogP contribution < -0.4 is 11.2 Å². The van der Waals surface area contributed by atoms with Crippen LogP contribution in [0.5, 0.6) is 0 Å². The molecule has 12 nitrogen and oxygen atoms in total. The summed E-state index contributed by atoms with van der Waals surface area (Å²) in [7, 11) is 0. The summed E-state index contributed by atoms with van der Waals surface area (Å²) >= 11 is 0. The predicted molar refractivity (Wildman–Crippen MR) is 102 cm³/mol. The Labute approximate surface area is 176 Å². The van der Waals surface area contributed by atoms with Crippen LogP contribution in [0.25, 0.3) is 0 Å². The molecule has 1 saturated heterocycles. The van der Waals surface area contributed by atoms with Crippen molar-refractivity contribution in [3.05, 3.63) is 34.9 Å². The maximum absolute atomic E-state index is 12.6. The molecular weight excluding hydrogens is 414 g/mol. The van der Waals surface area contributed by atoms with Crippen LogP contribution in [0.15, 0.2) is 29.2 Å². The summed E-state index contributed by atoms with van der Waals surface area (Å²) in [5.74, 6) is -2.40. The normalized spacial score (nSPS) is 26.3. The number of carbonyl (C=O) groups is 3. The van der Waals surface area contributed by atoms with Crippen molar-refractivity contribution in [2.24, 2.45) is 5.92 Å². The lowest BCUT2D eigenvalue weighted by Crippen LogP contribution is -2.42. The Kier molecular flexibility index (Phi) is 7.02. The van der Waals surface area contributed by atoms with E-state index in [2.05, 4.69) is 10.5 Å². The van der Waals surface area contributed by atoms with E-state index < -0.39 is 54.7 Å². The van der Waals surface area contributed by atoms with Gasteiger partial charge in [0.25, 0.3) is 0 Å². The molecule has 1 aromatic heterocycles. The number of esters is 2. The number of aliphatic hydroxyl groups excluding tert-OH is 1. The van der Waals surface area contributed by atoms with Crippen molar-refractivity contribution >= 4 is 23.7 Å². The Bertz CT molecular complexity index is 924. The van der Waals surface area contributed by atoms with Gasteiger partial charge < -0.3 is 24.2 Å². The molecule has 2 aliphatic rings. The zero-order valence-corrected chi connectivity index (χ0v) is 16.9. The molecule has 3 heterocycles. The molecule has 0 aromatic carbocycles. The van der Waals surface area contributed by atoms with Gasteiger partial charge in [0.1, 0.15) is 6.10 Å². The molecule has 31 heavy (non-hydrogen) atoms. The van der Waals surface area contributed by atoms with Crippen molar-refractivity contribution in [1.29, 1.82) is 0 Å². The molecule has 12 heteroatoms. The highest BCUT2D eigenvalue weighted by atomic mass is 16.7. The van der Waals surface area contributed by atoms with Gasteiger partial charge in [-0.25, -0.2) is 24.7 Å². The molecule has 4 atom stereocenters. The highest BCUT2D eigenvalue weighted by Gasteiger charge is 2.50. The van der Waals surface area contributed by atoms with Crippen molar-refractivity contribution in [2.45, 2.75) is 51.2 Å². The molecule has 0 spiro atoms. The van der Waals surface area contributed by atoms with Gasteiger partial charge in [0, 0.05) is 24.4 Å². The van der Waals surface area contributed by atoms with Crippen molar-refractivity contribution < 1.29 is 38.5 Å². The number of ether oxygens (including phenoxy) is 3. The van der Waals surface area contributed by atoms with Crippen molar-refractivity contribution in [1.82, 2.24) is 9.55 Å². The zero-order valence-electron chi connectivity index (χ0n) is 16.9. The van der Waals surface area contributed by atoms with E-state index in [-0.39, 0.29) is 11.7 Å². The number of anilines is 1. The lowest BCUT2D eigenvalue weighted by molar-refractivity contribution is -0.164. The second-order valence-electron chi connectivity index (χ2n) is 6.92. The molecule has 0 aliphatic carbocycles.